The van der Waals surface area contributed by atoms with Crippen molar-refractivity contribution in [2.24, 2.45) is 0 Å². The maximum absolute atomic E-state index is 12.4. The minimum absolute atomic E-state index is 0.0504. The molecule has 1 N–H and O–H groups in total. The van der Waals surface area contributed by atoms with Gasteiger partial charge in [-0.15, -0.1) is 0 Å². The Hall–Kier alpha value is -3.58. The molecule has 0 saturated carbocycles. The summed E-state index contributed by atoms with van der Waals surface area (Å²) in [4.78, 5) is 26.5. The topological polar surface area (TPSA) is 81.0 Å². The highest BCUT2D eigenvalue weighted by atomic mass is 16.5. The van der Waals surface area contributed by atoms with Gasteiger partial charge in [-0.1, -0.05) is 35.9 Å². The van der Waals surface area contributed by atoms with Gasteiger partial charge < -0.3 is 24.1 Å². The fraction of sp³-hybridized carbons (Fsp3) is 0.333. The number of nitrogens with zero attached hydrogens (tertiary/aromatic N) is 1. The van der Waals surface area contributed by atoms with E-state index < -0.39 is 0 Å². The van der Waals surface area contributed by atoms with Gasteiger partial charge in [0.15, 0.2) is 5.76 Å². The third-order valence-corrected chi connectivity index (χ3v) is 6.00. The fourth-order valence-corrected chi connectivity index (χ4v) is 4.22. The van der Waals surface area contributed by atoms with Crippen molar-refractivity contribution < 1.29 is 23.5 Å². The predicted octanol–water partition coefficient (Wildman–Crippen LogP) is 4.04. The second-order valence-corrected chi connectivity index (χ2v) is 8.44. The van der Waals surface area contributed by atoms with Crippen LogP contribution in [0.25, 0.3) is 0 Å². The Morgan fingerprint density at radius 2 is 1.91 bits per heavy atom. The molecule has 1 unspecified atom stereocenters. The molecule has 2 aromatic carbocycles. The standard InChI is InChI=1S/C27H30N2O5/c1-18-4-6-21(7-5-18)26-24-16-22(9-8-20(24)12-14-29(26)19(2)30)33-17-23-10-11-25(34-23)27(31)28-13-15-32-3/h4-11,16,26H,12-15,17H2,1-3H3,(H,28,31). The summed E-state index contributed by atoms with van der Waals surface area (Å²) in [6.45, 7) is 5.39. The van der Waals surface area contributed by atoms with Crippen molar-refractivity contribution in [3.05, 3.63) is 88.4 Å². The number of hydrogen-bond donors (Lipinski definition) is 1. The first kappa shape index (κ1) is 23.6. The number of methoxy groups -OCH3 is 1. The molecular formula is C27H30N2O5. The first-order valence-electron chi connectivity index (χ1n) is 11.4. The Balaban J connectivity index is 1.51. The molecule has 1 aliphatic heterocycles. The number of fused-ring (bicyclic) bond motifs is 1. The lowest BCUT2D eigenvalue weighted by Crippen LogP contribution is -2.39. The Bertz CT molecular complexity index is 1150. The average Bonchev–Trinajstić information content (AvgIpc) is 3.32. The first-order chi connectivity index (χ1) is 16.5. The van der Waals surface area contributed by atoms with Crippen LogP contribution in [-0.2, 0) is 22.6 Å². The molecule has 0 bridgehead atoms. The van der Waals surface area contributed by atoms with Crippen molar-refractivity contribution in [1.29, 1.82) is 0 Å². The predicted molar refractivity (Wildman–Crippen MR) is 128 cm³/mol. The van der Waals surface area contributed by atoms with Gasteiger partial charge in [0.25, 0.3) is 5.91 Å². The van der Waals surface area contributed by atoms with E-state index in [0.29, 0.717) is 31.2 Å². The Morgan fingerprint density at radius 1 is 1.12 bits per heavy atom. The summed E-state index contributed by atoms with van der Waals surface area (Å²) in [5, 5.41) is 2.73. The van der Waals surface area contributed by atoms with E-state index in [1.54, 1.807) is 26.2 Å². The van der Waals surface area contributed by atoms with Crippen LogP contribution >= 0.6 is 0 Å². The highest BCUT2D eigenvalue weighted by molar-refractivity contribution is 5.91. The van der Waals surface area contributed by atoms with Crippen LogP contribution in [0.3, 0.4) is 0 Å². The number of nitrogens with one attached hydrogen (secondary N) is 1. The number of carbonyl (C=O) groups is 2. The monoisotopic (exact) mass is 462 g/mol. The third kappa shape index (κ3) is 5.31. The number of benzene rings is 2. The van der Waals surface area contributed by atoms with Crippen molar-refractivity contribution in [2.75, 3.05) is 26.8 Å². The van der Waals surface area contributed by atoms with E-state index >= 15 is 0 Å². The summed E-state index contributed by atoms with van der Waals surface area (Å²) in [6, 6.07) is 17.5. The molecule has 2 amide bonds. The van der Waals surface area contributed by atoms with E-state index in [9.17, 15) is 9.59 Å². The lowest BCUT2D eigenvalue weighted by Gasteiger charge is -2.37. The van der Waals surface area contributed by atoms with Crippen LogP contribution < -0.4 is 10.1 Å². The number of ether oxygens (including phenoxy) is 2. The highest BCUT2D eigenvalue weighted by Gasteiger charge is 2.30. The van der Waals surface area contributed by atoms with Crippen molar-refractivity contribution >= 4 is 11.8 Å². The number of carbonyl (C=O) groups excluding carboxylic acids is 2. The number of aryl methyl sites for hydroxylation is 1. The minimum atomic E-state index is -0.289. The van der Waals surface area contributed by atoms with Gasteiger partial charge in [0.2, 0.25) is 5.91 Å². The van der Waals surface area contributed by atoms with Crippen LogP contribution in [0, 0.1) is 6.92 Å². The number of amides is 2. The number of furan rings is 1. The molecular weight excluding hydrogens is 432 g/mol. The van der Waals surface area contributed by atoms with Crippen molar-refractivity contribution in [2.45, 2.75) is 32.9 Å². The lowest BCUT2D eigenvalue weighted by atomic mass is 9.87. The molecule has 1 atom stereocenters. The molecule has 7 heteroatoms. The molecule has 0 aliphatic carbocycles. The van der Waals surface area contributed by atoms with E-state index in [4.69, 9.17) is 13.9 Å². The third-order valence-electron chi connectivity index (χ3n) is 6.00. The molecule has 1 aliphatic rings. The summed E-state index contributed by atoms with van der Waals surface area (Å²) in [5.41, 5.74) is 4.54. The van der Waals surface area contributed by atoms with Gasteiger partial charge in [-0.3, -0.25) is 9.59 Å². The quantitative estimate of drug-likeness (QED) is 0.511. The molecule has 0 radical (unpaired) electrons. The van der Waals surface area contributed by atoms with Crippen LogP contribution in [0.5, 0.6) is 5.75 Å². The largest absolute Gasteiger partial charge is 0.486 e. The van der Waals surface area contributed by atoms with Crippen LogP contribution in [0.15, 0.2) is 59.0 Å². The second kappa shape index (κ2) is 10.6. The normalized spacial score (nSPS) is 15.0. The Kier molecular flexibility index (Phi) is 7.33. The minimum Gasteiger partial charge on any atom is -0.486 e. The summed E-state index contributed by atoms with van der Waals surface area (Å²) in [6.07, 6.45) is 0.803. The van der Waals surface area contributed by atoms with Crippen molar-refractivity contribution in [1.82, 2.24) is 10.2 Å². The molecule has 2 heterocycles. The molecule has 0 saturated heterocycles. The summed E-state index contributed by atoms with van der Waals surface area (Å²) in [5.74, 6) is 1.23. The summed E-state index contributed by atoms with van der Waals surface area (Å²) < 4.78 is 16.6. The summed E-state index contributed by atoms with van der Waals surface area (Å²) in [7, 11) is 1.58. The zero-order chi connectivity index (χ0) is 24.1. The summed E-state index contributed by atoms with van der Waals surface area (Å²) >= 11 is 0. The van der Waals surface area contributed by atoms with Crippen LogP contribution in [0.2, 0.25) is 0 Å². The van der Waals surface area contributed by atoms with Gasteiger partial charge in [-0.25, -0.2) is 0 Å². The van der Waals surface area contributed by atoms with Crippen LogP contribution in [0.1, 0.15) is 51.5 Å². The zero-order valence-electron chi connectivity index (χ0n) is 19.8. The molecule has 0 spiro atoms. The number of rotatable bonds is 8. The average molecular weight is 463 g/mol. The van der Waals surface area contributed by atoms with E-state index in [2.05, 4.69) is 42.6 Å². The van der Waals surface area contributed by atoms with Crippen molar-refractivity contribution in [3.8, 4) is 5.75 Å². The Labute approximate surface area is 199 Å². The smallest absolute Gasteiger partial charge is 0.287 e. The van der Waals surface area contributed by atoms with Crippen LogP contribution in [-0.4, -0.2) is 43.5 Å². The number of hydrogen-bond acceptors (Lipinski definition) is 5. The maximum atomic E-state index is 12.4. The van der Waals surface area contributed by atoms with Gasteiger partial charge in [0, 0.05) is 27.1 Å². The second-order valence-electron chi connectivity index (χ2n) is 8.44. The molecule has 3 aromatic rings. The van der Waals surface area contributed by atoms with E-state index in [0.717, 1.165) is 17.5 Å². The van der Waals surface area contributed by atoms with Gasteiger partial charge in [-0.2, -0.15) is 0 Å². The van der Waals surface area contributed by atoms with Crippen LogP contribution in [0.4, 0.5) is 0 Å². The molecule has 0 fully saturated rings. The molecule has 34 heavy (non-hydrogen) atoms. The van der Waals surface area contributed by atoms with E-state index in [1.165, 1.54) is 11.1 Å². The molecule has 4 rings (SSSR count). The zero-order valence-corrected chi connectivity index (χ0v) is 19.8. The van der Waals surface area contributed by atoms with Gasteiger partial charge in [-0.05, 0) is 54.3 Å². The van der Waals surface area contributed by atoms with Crippen molar-refractivity contribution in [3.63, 3.8) is 0 Å². The highest BCUT2D eigenvalue weighted by Crippen LogP contribution is 2.37. The Morgan fingerprint density at radius 3 is 2.65 bits per heavy atom. The van der Waals surface area contributed by atoms with E-state index in [1.807, 2.05) is 17.0 Å². The first-order valence-corrected chi connectivity index (χ1v) is 11.4. The maximum Gasteiger partial charge on any atom is 0.287 e. The van der Waals surface area contributed by atoms with E-state index in [-0.39, 0.29) is 30.2 Å². The van der Waals surface area contributed by atoms with Gasteiger partial charge in [0.1, 0.15) is 18.1 Å². The van der Waals surface area contributed by atoms with Gasteiger partial charge in [0.05, 0.1) is 12.6 Å². The van der Waals surface area contributed by atoms with Gasteiger partial charge >= 0.3 is 0 Å². The lowest BCUT2D eigenvalue weighted by molar-refractivity contribution is -0.130. The molecule has 1 aromatic heterocycles. The SMILES string of the molecule is COCCNC(=O)c1ccc(COc2ccc3c(c2)C(c2ccc(C)cc2)N(C(C)=O)CC3)o1. The molecule has 7 nitrogen and oxygen atoms in total. The molecule has 178 valence electrons. The fourth-order valence-electron chi connectivity index (χ4n) is 4.22.